The number of alkyl halides is 1. The van der Waals surface area contributed by atoms with Crippen molar-refractivity contribution in [1.82, 2.24) is 15.0 Å². The highest BCUT2D eigenvalue weighted by Gasteiger charge is 2.31. The quantitative estimate of drug-likeness (QED) is 0.414. The molecule has 0 aromatic carbocycles. The fourth-order valence-corrected chi connectivity index (χ4v) is 5.77. The molecule has 2 aliphatic rings. The van der Waals surface area contributed by atoms with Crippen LogP contribution >= 0.6 is 43.2 Å². The molecule has 11 heteroatoms. The normalized spacial score (nSPS) is 18.6. The van der Waals surface area contributed by atoms with Crippen LogP contribution in [0.3, 0.4) is 0 Å². The minimum atomic E-state index is -0.934. The number of halogens is 4. The lowest BCUT2D eigenvalue weighted by Crippen LogP contribution is -2.37. The van der Waals surface area contributed by atoms with Gasteiger partial charge in [0.05, 0.1) is 34.2 Å². The highest BCUT2D eigenvalue weighted by Crippen LogP contribution is 2.38. The monoisotopic (exact) mass is 569 g/mol. The summed E-state index contributed by atoms with van der Waals surface area (Å²) in [5, 5.41) is 0.398. The lowest BCUT2D eigenvalue weighted by Gasteiger charge is -2.25. The van der Waals surface area contributed by atoms with Crippen molar-refractivity contribution in [3.05, 3.63) is 50.0 Å². The highest BCUT2D eigenvalue weighted by molar-refractivity contribution is 9.10. The molecule has 3 aromatic heterocycles. The summed E-state index contributed by atoms with van der Waals surface area (Å²) in [6.45, 7) is 1.16. The van der Waals surface area contributed by atoms with Crippen molar-refractivity contribution in [2.75, 3.05) is 29.4 Å². The van der Waals surface area contributed by atoms with E-state index in [1.807, 2.05) is 6.07 Å². The zero-order chi connectivity index (χ0) is 21.7. The molecule has 0 N–H and O–H groups in total. The number of rotatable bonds is 3. The second kappa shape index (κ2) is 8.18. The third-order valence-corrected chi connectivity index (χ3v) is 7.42. The predicted molar refractivity (Wildman–Crippen MR) is 122 cm³/mol. The molecule has 160 valence electrons. The summed E-state index contributed by atoms with van der Waals surface area (Å²) in [7, 11) is 0. The number of anilines is 2. The molecule has 0 radical (unpaired) electrons. The van der Waals surface area contributed by atoms with Crippen LogP contribution in [0.25, 0.3) is 10.6 Å². The molecule has 1 saturated heterocycles. The van der Waals surface area contributed by atoms with Crippen LogP contribution in [-0.4, -0.2) is 46.7 Å². The molecule has 0 aliphatic carbocycles. The molecule has 0 unspecified atom stereocenters. The largest absolute Gasteiger partial charge is 0.353 e. The van der Waals surface area contributed by atoms with E-state index in [9.17, 15) is 13.6 Å². The van der Waals surface area contributed by atoms with Crippen LogP contribution in [0.15, 0.2) is 33.5 Å². The van der Waals surface area contributed by atoms with Gasteiger partial charge in [0.25, 0.3) is 5.91 Å². The molecule has 1 amide bonds. The van der Waals surface area contributed by atoms with E-state index in [0.29, 0.717) is 57.5 Å². The Balaban J connectivity index is 1.47. The smallest absolute Gasteiger partial charge is 0.270 e. The van der Waals surface area contributed by atoms with Gasteiger partial charge in [0, 0.05) is 30.2 Å². The van der Waals surface area contributed by atoms with Crippen molar-refractivity contribution >= 4 is 60.6 Å². The van der Waals surface area contributed by atoms with Crippen molar-refractivity contribution < 1.29 is 13.6 Å². The van der Waals surface area contributed by atoms with Gasteiger partial charge in [-0.25, -0.2) is 14.4 Å². The molecule has 6 nitrogen and oxygen atoms in total. The average molecular weight is 571 g/mol. The maximum atomic E-state index is 14.9. The van der Waals surface area contributed by atoms with Gasteiger partial charge in [-0.1, -0.05) is 0 Å². The Hall–Kier alpha value is -1.98. The molecular weight excluding hydrogens is 556 g/mol. The molecule has 0 bridgehead atoms. The summed E-state index contributed by atoms with van der Waals surface area (Å²) in [6.07, 6.45) is 3.32. The van der Waals surface area contributed by atoms with Crippen LogP contribution in [0, 0.1) is 5.95 Å². The van der Waals surface area contributed by atoms with Gasteiger partial charge in [-0.2, -0.15) is 4.39 Å². The number of thiazole rings is 1. The fraction of sp³-hybridized carbons (Fsp3) is 0.300. The SMILES string of the molecule is O=C1c2sc(-c3cc(Br)c(N4CC[C@@H](F)C4)nc3F)nc2CCN1c1cncc(Br)c1. The van der Waals surface area contributed by atoms with E-state index in [-0.39, 0.29) is 18.0 Å². The molecule has 1 fully saturated rings. The first-order valence-electron chi connectivity index (χ1n) is 9.58. The molecule has 5 heterocycles. The summed E-state index contributed by atoms with van der Waals surface area (Å²) >= 11 is 7.96. The number of amides is 1. The number of fused-ring (bicyclic) bond motifs is 1. The standard InChI is InChI=1S/C20H15Br2F2N5OS/c21-10-5-12(8-25-7-10)29-4-2-15-16(20(29)30)31-19(26-15)13-6-14(22)18(27-17(13)24)28-3-1-11(23)9-28/h5-8,11H,1-4,9H2/t11-/m1/s1. The number of hydrogen-bond acceptors (Lipinski definition) is 6. The first-order chi connectivity index (χ1) is 14.9. The summed E-state index contributed by atoms with van der Waals surface area (Å²) in [5.41, 5.74) is 1.56. The van der Waals surface area contributed by atoms with E-state index >= 15 is 0 Å². The zero-order valence-electron chi connectivity index (χ0n) is 16.0. The number of nitrogens with zero attached hydrogens (tertiary/aromatic N) is 5. The zero-order valence-corrected chi connectivity index (χ0v) is 20.0. The summed E-state index contributed by atoms with van der Waals surface area (Å²) < 4.78 is 29.8. The number of carbonyl (C=O) groups is 1. The molecule has 3 aromatic rings. The minimum absolute atomic E-state index is 0.181. The Labute approximate surface area is 197 Å². The van der Waals surface area contributed by atoms with Gasteiger partial charge in [-0.15, -0.1) is 11.3 Å². The van der Waals surface area contributed by atoms with Crippen LogP contribution in [0.1, 0.15) is 21.8 Å². The van der Waals surface area contributed by atoms with Crippen molar-refractivity contribution in [1.29, 1.82) is 0 Å². The lowest BCUT2D eigenvalue weighted by molar-refractivity contribution is 0.0984. The van der Waals surface area contributed by atoms with E-state index in [1.54, 1.807) is 28.3 Å². The molecule has 0 spiro atoms. The number of pyridine rings is 2. The number of carbonyl (C=O) groups excluding carboxylic acids is 1. The molecule has 5 rings (SSSR count). The van der Waals surface area contributed by atoms with Crippen molar-refractivity contribution in [2.45, 2.75) is 19.0 Å². The topological polar surface area (TPSA) is 62.2 Å². The van der Waals surface area contributed by atoms with Gasteiger partial charge in [-0.3, -0.25) is 9.78 Å². The third kappa shape index (κ3) is 3.87. The van der Waals surface area contributed by atoms with Crippen molar-refractivity contribution in [3.8, 4) is 10.6 Å². The van der Waals surface area contributed by atoms with Crippen LogP contribution in [0.5, 0.6) is 0 Å². The van der Waals surface area contributed by atoms with E-state index in [4.69, 9.17) is 0 Å². The first kappa shape index (κ1) is 20.9. The van der Waals surface area contributed by atoms with Crippen LogP contribution in [0.2, 0.25) is 0 Å². The van der Waals surface area contributed by atoms with Gasteiger partial charge in [0.1, 0.15) is 21.9 Å². The molecule has 2 aliphatic heterocycles. The molecular formula is C20H15Br2F2N5OS. The summed E-state index contributed by atoms with van der Waals surface area (Å²) in [4.78, 5) is 29.7. The number of hydrogen-bond donors (Lipinski definition) is 0. The van der Waals surface area contributed by atoms with Gasteiger partial charge in [0.2, 0.25) is 5.95 Å². The van der Waals surface area contributed by atoms with E-state index in [2.05, 4.69) is 46.8 Å². The Bertz CT molecular complexity index is 1190. The van der Waals surface area contributed by atoms with Crippen LogP contribution in [0.4, 0.5) is 20.3 Å². The van der Waals surface area contributed by atoms with Crippen LogP contribution in [-0.2, 0) is 6.42 Å². The van der Waals surface area contributed by atoms with Gasteiger partial charge < -0.3 is 9.80 Å². The van der Waals surface area contributed by atoms with Crippen molar-refractivity contribution in [3.63, 3.8) is 0 Å². The Morgan fingerprint density at radius 3 is 2.74 bits per heavy atom. The summed E-state index contributed by atoms with van der Waals surface area (Å²) in [5.74, 6) is -0.487. The first-order valence-corrected chi connectivity index (χ1v) is 12.0. The lowest BCUT2D eigenvalue weighted by atomic mass is 10.1. The van der Waals surface area contributed by atoms with Gasteiger partial charge >= 0.3 is 0 Å². The maximum absolute atomic E-state index is 14.9. The second-order valence-corrected chi connectivity index (χ2v) is 10.1. The number of aromatic nitrogens is 3. The van der Waals surface area contributed by atoms with E-state index in [0.717, 1.165) is 15.8 Å². The Kier molecular flexibility index (Phi) is 5.51. The van der Waals surface area contributed by atoms with Crippen LogP contribution < -0.4 is 9.80 Å². The third-order valence-electron chi connectivity index (χ3n) is 5.28. The Morgan fingerprint density at radius 2 is 2.00 bits per heavy atom. The fourth-order valence-electron chi connectivity index (χ4n) is 3.78. The molecule has 1 atom stereocenters. The van der Waals surface area contributed by atoms with Crippen molar-refractivity contribution in [2.24, 2.45) is 0 Å². The molecule has 0 saturated carbocycles. The average Bonchev–Trinajstić information content (AvgIpc) is 3.36. The summed E-state index contributed by atoms with van der Waals surface area (Å²) in [6, 6.07) is 3.44. The van der Waals surface area contributed by atoms with Gasteiger partial charge in [0.15, 0.2) is 0 Å². The Morgan fingerprint density at radius 1 is 1.16 bits per heavy atom. The minimum Gasteiger partial charge on any atom is -0.353 e. The predicted octanol–water partition coefficient (Wildman–Crippen LogP) is 5.02. The second-order valence-electron chi connectivity index (χ2n) is 7.33. The maximum Gasteiger partial charge on any atom is 0.270 e. The van der Waals surface area contributed by atoms with Gasteiger partial charge in [-0.05, 0) is 50.4 Å². The molecule has 31 heavy (non-hydrogen) atoms. The highest BCUT2D eigenvalue weighted by atomic mass is 79.9. The van der Waals surface area contributed by atoms with E-state index in [1.165, 1.54) is 0 Å². The van der Waals surface area contributed by atoms with E-state index < -0.39 is 12.1 Å².